The van der Waals surface area contributed by atoms with Crippen molar-refractivity contribution in [2.45, 2.75) is 97.9 Å². The Kier molecular flexibility index (Phi) is 12.9. The first kappa shape index (κ1) is 38.9. The van der Waals surface area contributed by atoms with Gasteiger partial charge >= 0.3 is 12.2 Å². The number of hydrogen-bond donors (Lipinski definition) is 3. The zero-order valence-electron chi connectivity index (χ0n) is 31.0. The monoisotopic (exact) mass is 707 g/mol. The predicted octanol–water partition coefficient (Wildman–Crippen LogP) is 4.47. The molecule has 51 heavy (non-hydrogen) atoms. The van der Waals surface area contributed by atoms with E-state index in [1.807, 2.05) is 31.2 Å². The maximum Gasteiger partial charge on any atom is 0.408 e. The second-order valence-corrected chi connectivity index (χ2v) is 14.9. The molecule has 0 unspecified atom stereocenters. The van der Waals surface area contributed by atoms with Crippen LogP contribution in [0.3, 0.4) is 0 Å². The number of rotatable bonds is 11. The summed E-state index contributed by atoms with van der Waals surface area (Å²) >= 11 is 0. The molecule has 0 saturated carbocycles. The number of amides is 5. The van der Waals surface area contributed by atoms with E-state index in [2.05, 4.69) is 26.7 Å². The molecule has 3 N–H and O–H groups in total. The van der Waals surface area contributed by atoms with Crippen LogP contribution < -0.4 is 10.6 Å². The molecule has 1 aromatic carbocycles. The van der Waals surface area contributed by atoms with Crippen LogP contribution in [0.2, 0.25) is 0 Å². The van der Waals surface area contributed by atoms with Crippen LogP contribution >= 0.6 is 0 Å². The summed E-state index contributed by atoms with van der Waals surface area (Å²) in [6.07, 6.45) is 5.27. The number of alkyl carbamates (subject to hydrolysis) is 2. The van der Waals surface area contributed by atoms with Crippen LogP contribution in [0, 0.1) is 0 Å². The van der Waals surface area contributed by atoms with Crippen molar-refractivity contribution in [2.75, 3.05) is 39.3 Å². The molecule has 0 aliphatic carbocycles. The predicted molar refractivity (Wildman–Crippen MR) is 192 cm³/mol. The number of H-pyrrole nitrogens is 1. The molecule has 2 aliphatic heterocycles. The van der Waals surface area contributed by atoms with Crippen molar-refractivity contribution in [3.63, 3.8) is 0 Å². The van der Waals surface area contributed by atoms with E-state index in [-0.39, 0.29) is 37.4 Å². The third kappa shape index (κ3) is 11.6. The van der Waals surface area contributed by atoms with Crippen molar-refractivity contribution in [3.05, 3.63) is 47.9 Å². The minimum atomic E-state index is -0.668. The third-order valence-corrected chi connectivity index (χ3v) is 8.33. The molecular formula is C37H53N7O7. The van der Waals surface area contributed by atoms with Gasteiger partial charge in [-0.05, 0) is 83.9 Å². The second-order valence-electron chi connectivity index (χ2n) is 14.9. The summed E-state index contributed by atoms with van der Waals surface area (Å²) in [7, 11) is 0. The van der Waals surface area contributed by atoms with Gasteiger partial charge in [0.25, 0.3) is 0 Å². The summed E-state index contributed by atoms with van der Waals surface area (Å²) in [6.45, 7) is 14.4. The SMILES string of the molecule is CCCN(Cc1ncc(-c2ccc(C3=CCN(C(=O)[C@@H]4CCCN4C(=O)CNC(=O)OC(C)(C)C)CC3)cc2)[nH]1)C(=O)CNC(=O)OC(C)(C)C. The Bertz CT molecular complexity index is 1590. The molecule has 2 aromatic rings. The van der Waals surface area contributed by atoms with E-state index in [0.29, 0.717) is 44.8 Å². The number of carbonyl (C=O) groups excluding carboxylic acids is 5. The summed E-state index contributed by atoms with van der Waals surface area (Å²) in [5.41, 5.74) is 2.65. The minimum Gasteiger partial charge on any atom is -0.444 e. The Morgan fingerprint density at radius 3 is 2.14 bits per heavy atom. The highest BCUT2D eigenvalue weighted by atomic mass is 16.6. The third-order valence-electron chi connectivity index (χ3n) is 8.33. The second kappa shape index (κ2) is 16.9. The van der Waals surface area contributed by atoms with Gasteiger partial charge < -0.3 is 39.8 Å². The molecule has 5 amide bonds. The maximum absolute atomic E-state index is 13.5. The quantitative estimate of drug-likeness (QED) is 0.308. The van der Waals surface area contributed by atoms with Gasteiger partial charge in [-0.15, -0.1) is 0 Å². The van der Waals surface area contributed by atoms with E-state index in [4.69, 9.17) is 9.47 Å². The van der Waals surface area contributed by atoms with Crippen molar-refractivity contribution >= 4 is 35.5 Å². The summed E-state index contributed by atoms with van der Waals surface area (Å²) in [5.74, 6) is 0.0357. The average Bonchev–Trinajstić information content (AvgIpc) is 3.75. The highest BCUT2D eigenvalue weighted by molar-refractivity contribution is 5.90. The molecule has 14 nitrogen and oxygen atoms in total. The van der Waals surface area contributed by atoms with Gasteiger partial charge in [0.1, 0.15) is 36.2 Å². The van der Waals surface area contributed by atoms with Gasteiger partial charge in [0.2, 0.25) is 17.7 Å². The summed E-state index contributed by atoms with van der Waals surface area (Å²) in [4.78, 5) is 76.1. The highest BCUT2D eigenvalue weighted by Gasteiger charge is 2.37. The summed E-state index contributed by atoms with van der Waals surface area (Å²) in [5, 5.41) is 5.03. The van der Waals surface area contributed by atoms with Crippen molar-refractivity contribution < 1.29 is 33.4 Å². The molecule has 0 radical (unpaired) electrons. The molecule has 1 saturated heterocycles. The zero-order chi connectivity index (χ0) is 37.3. The number of imidazole rings is 1. The molecule has 14 heteroatoms. The van der Waals surface area contributed by atoms with E-state index in [0.717, 1.165) is 35.2 Å². The molecule has 278 valence electrons. The zero-order valence-corrected chi connectivity index (χ0v) is 31.0. The Balaban J connectivity index is 1.30. The lowest BCUT2D eigenvalue weighted by Crippen LogP contribution is -2.51. The number of nitrogens with zero attached hydrogens (tertiary/aromatic N) is 4. The summed E-state index contributed by atoms with van der Waals surface area (Å²) in [6, 6.07) is 7.58. The highest BCUT2D eigenvalue weighted by Crippen LogP contribution is 2.27. The fraction of sp³-hybridized carbons (Fsp3) is 0.568. The Morgan fingerprint density at radius 1 is 0.922 bits per heavy atom. The average molecular weight is 708 g/mol. The summed E-state index contributed by atoms with van der Waals surface area (Å²) < 4.78 is 10.4. The molecule has 0 spiro atoms. The topological polar surface area (TPSA) is 166 Å². The smallest absolute Gasteiger partial charge is 0.408 e. The fourth-order valence-electron chi connectivity index (χ4n) is 6.00. The largest absolute Gasteiger partial charge is 0.444 e. The lowest BCUT2D eigenvalue weighted by molar-refractivity contribution is -0.143. The van der Waals surface area contributed by atoms with Gasteiger partial charge in [0.05, 0.1) is 18.4 Å². The Morgan fingerprint density at radius 2 is 1.55 bits per heavy atom. The van der Waals surface area contributed by atoms with Gasteiger partial charge in [0, 0.05) is 26.2 Å². The van der Waals surface area contributed by atoms with Crippen molar-refractivity contribution in [2.24, 2.45) is 0 Å². The Hall–Kier alpha value is -4.88. The van der Waals surface area contributed by atoms with E-state index >= 15 is 0 Å². The van der Waals surface area contributed by atoms with E-state index in [1.165, 1.54) is 0 Å². The molecule has 1 aromatic heterocycles. The first-order valence-electron chi connectivity index (χ1n) is 17.7. The van der Waals surface area contributed by atoms with Crippen LogP contribution in [0.25, 0.3) is 16.8 Å². The number of ether oxygens (including phenoxy) is 2. The van der Waals surface area contributed by atoms with Crippen LogP contribution in [0.1, 0.15) is 85.5 Å². The molecule has 1 atom stereocenters. The number of carbonyl (C=O) groups is 5. The minimum absolute atomic E-state index is 0.0719. The molecule has 4 rings (SSSR count). The number of aromatic amines is 1. The van der Waals surface area contributed by atoms with Crippen LogP contribution in [0.15, 0.2) is 36.5 Å². The molecular weight excluding hydrogens is 654 g/mol. The van der Waals surface area contributed by atoms with Crippen LogP contribution in [0.4, 0.5) is 9.59 Å². The van der Waals surface area contributed by atoms with E-state index in [9.17, 15) is 24.0 Å². The van der Waals surface area contributed by atoms with Crippen molar-refractivity contribution in [1.82, 2.24) is 35.3 Å². The number of aromatic nitrogens is 2. The van der Waals surface area contributed by atoms with Gasteiger partial charge in [-0.3, -0.25) is 14.4 Å². The molecule has 1 fully saturated rings. The van der Waals surface area contributed by atoms with Gasteiger partial charge in [-0.2, -0.15) is 0 Å². The molecule has 3 heterocycles. The van der Waals surface area contributed by atoms with Crippen LogP contribution in [0.5, 0.6) is 0 Å². The standard InChI is InChI=1S/C37H53N7O7/c1-8-17-43(31(45)22-39-34(48)50-36(2,3)4)24-30-38-21-28(41-30)27-13-11-25(12-14-27)26-15-19-42(20-16-26)33(47)29-10-9-18-44(29)32(46)23-40-35(49)51-37(5,6)7/h11-15,21,29H,8-10,16-20,22-24H2,1-7H3,(H,38,41)(H,39,48)(H,40,49)/t29-/m0/s1. The molecule has 0 bridgehead atoms. The van der Waals surface area contributed by atoms with Gasteiger partial charge in [-0.25, -0.2) is 14.6 Å². The van der Waals surface area contributed by atoms with Crippen molar-refractivity contribution in [3.8, 4) is 11.3 Å². The number of likely N-dealkylation sites (tertiary alicyclic amines) is 1. The fourth-order valence-corrected chi connectivity index (χ4v) is 6.00. The number of hydrogen-bond acceptors (Lipinski definition) is 8. The first-order chi connectivity index (χ1) is 24.0. The maximum atomic E-state index is 13.5. The first-order valence-corrected chi connectivity index (χ1v) is 17.7. The van der Waals surface area contributed by atoms with Crippen LogP contribution in [-0.4, -0.2) is 111 Å². The van der Waals surface area contributed by atoms with E-state index in [1.54, 1.807) is 62.4 Å². The van der Waals surface area contributed by atoms with Crippen LogP contribution in [-0.2, 0) is 30.4 Å². The number of benzene rings is 1. The van der Waals surface area contributed by atoms with Gasteiger partial charge in [0.15, 0.2) is 0 Å². The van der Waals surface area contributed by atoms with Gasteiger partial charge in [-0.1, -0.05) is 37.3 Å². The lowest BCUT2D eigenvalue weighted by atomic mass is 9.97. The van der Waals surface area contributed by atoms with Crippen molar-refractivity contribution in [1.29, 1.82) is 0 Å². The number of nitrogens with one attached hydrogen (secondary N) is 3. The normalized spacial score (nSPS) is 16.3. The lowest BCUT2D eigenvalue weighted by Gasteiger charge is -2.32. The molecule has 2 aliphatic rings. The van der Waals surface area contributed by atoms with E-state index < -0.39 is 29.4 Å². The Labute approximate surface area is 300 Å².